The van der Waals surface area contributed by atoms with Gasteiger partial charge in [0, 0.05) is 27.8 Å². The Labute approximate surface area is 193 Å². The van der Waals surface area contributed by atoms with Crippen LogP contribution in [0.1, 0.15) is 32.5 Å². The number of aromatic carboxylic acids is 1. The molecule has 3 aromatic rings. The van der Waals surface area contributed by atoms with Crippen LogP contribution in [0.15, 0.2) is 42.5 Å². The summed E-state index contributed by atoms with van der Waals surface area (Å²) in [6.45, 7) is 0.0685. The third kappa shape index (κ3) is 4.03. The molecule has 2 aromatic carbocycles. The van der Waals surface area contributed by atoms with E-state index in [0.29, 0.717) is 33.3 Å². The minimum atomic E-state index is -1.06. The first kappa shape index (κ1) is 21.8. The summed E-state index contributed by atoms with van der Waals surface area (Å²) < 4.78 is 10.9. The van der Waals surface area contributed by atoms with Gasteiger partial charge in [0.1, 0.15) is 11.5 Å². The Morgan fingerprint density at radius 1 is 1.28 bits per heavy atom. The molecule has 0 aliphatic carbocycles. The number of carboxylic acid groups (broad SMARTS) is 1. The monoisotopic (exact) mass is 467 g/mol. The largest absolute Gasteiger partial charge is 0.493 e. The van der Waals surface area contributed by atoms with Gasteiger partial charge in [-0.05, 0) is 35.4 Å². The Kier molecular flexibility index (Phi) is 6.08. The number of hydrogen-bond acceptors (Lipinski definition) is 5. The number of ether oxygens (including phenoxy) is 2. The van der Waals surface area contributed by atoms with Gasteiger partial charge in [0.25, 0.3) is 0 Å². The maximum atomic E-state index is 12.6. The van der Waals surface area contributed by atoms with Gasteiger partial charge in [-0.15, -0.1) is 17.8 Å². The Bertz CT molecular complexity index is 1240. The van der Waals surface area contributed by atoms with E-state index in [4.69, 9.17) is 27.5 Å². The van der Waals surface area contributed by atoms with Gasteiger partial charge >= 0.3 is 5.97 Å². The number of benzene rings is 2. The summed E-state index contributed by atoms with van der Waals surface area (Å²) in [6.07, 6.45) is 5.49. The average molecular weight is 468 g/mol. The summed E-state index contributed by atoms with van der Waals surface area (Å²) in [7, 11) is 1.53. The molecule has 1 aliphatic rings. The molecule has 2 N–H and O–H groups in total. The molecule has 4 rings (SSSR count). The number of nitrogens with one attached hydrogen (secondary N) is 1. The standard InChI is InChI=1S/C24H18ClNO5S/c1-3-10-31-18-11-14(6-9-17(18)30-2)16-12-19(27)26-21-20(13-4-7-15(25)8-5-13)23(24(28)29)32-22(16)21/h1,4-9,11,16H,10,12H2,2H3,(H,26,27)(H,28,29). The molecule has 1 aliphatic heterocycles. The summed E-state index contributed by atoms with van der Waals surface area (Å²) in [5.41, 5.74) is 2.45. The van der Waals surface area contributed by atoms with Crippen LogP contribution in [0.2, 0.25) is 5.02 Å². The van der Waals surface area contributed by atoms with Crippen LogP contribution in [0, 0.1) is 12.3 Å². The van der Waals surface area contributed by atoms with E-state index in [-0.39, 0.29) is 29.7 Å². The second kappa shape index (κ2) is 8.95. The highest BCUT2D eigenvalue weighted by atomic mass is 35.5. The summed E-state index contributed by atoms with van der Waals surface area (Å²) >= 11 is 7.16. The zero-order chi connectivity index (χ0) is 22.8. The van der Waals surface area contributed by atoms with Crippen LogP contribution in [-0.4, -0.2) is 30.7 Å². The Morgan fingerprint density at radius 2 is 2.03 bits per heavy atom. The number of carbonyl (C=O) groups is 2. The molecule has 1 amide bonds. The number of methoxy groups -OCH3 is 1. The van der Waals surface area contributed by atoms with Crippen LogP contribution in [-0.2, 0) is 4.79 Å². The Hall–Kier alpha value is -3.47. The predicted octanol–water partition coefficient (Wildman–Crippen LogP) is 5.26. The lowest BCUT2D eigenvalue weighted by Crippen LogP contribution is -2.22. The SMILES string of the molecule is C#CCOc1cc(C2CC(=O)Nc3c2sc(C(=O)O)c3-c2ccc(Cl)cc2)ccc1OC. The third-order valence-electron chi connectivity index (χ3n) is 5.13. The quantitative estimate of drug-likeness (QED) is 0.483. The molecule has 0 saturated carbocycles. The first-order chi connectivity index (χ1) is 15.4. The average Bonchev–Trinajstić information content (AvgIpc) is 3.17. The highest BCUT2D eigenvalue weighted by Crippen LogP contribution is 2.50. The van der Waals surface area contributed by atoms with Crippen LogP contribution in [0.4, 0.5) is 5.69 Å². The second-order valence-corrected chi connectivity index (χ2v) is 8.55. The highest BCUT2D eigenvalue weighted by molar-refractivity contribution is 7.15. The number of hydrogen-bond donors (Lipinski definition) is 2. The van der Waals surface area contributed by atoms with E-state index >= 15 is 0 Å². The van der Waals surface area contributed by atoms with Crippen molar-refractivity contribution in [3.05, 3.63) is 62.8 Å². The number of amides is 1. The van der Waals surface area contributed by atoms with Gasteiger partial charge in [-0.25, -0.2) is 4.79 Å². The topological polar surface area (TPSA) is 84.9 Å². The summed E-state index contributed by atoms with van der Waals surface area (Å²) in [4.78, 5) is 25.6. The van der Waals surface area contributed by atoms with E-state index in [2.05, 4.69) is 11.2 Å². The van der Waals surface area contributed by atoms with Gasteiger partial charge < -0.3 is 19.9 Å². The van der Waals surface area contributed by atoms with Gasteiger partial charge in [0.2, 0.25) is 5.91 Å². The first-order valence-electron chi connectivity index (χ1n) is 9.63. The lowest BCUT2D eigenvalue weighted by atomic mass is 9.88. The molecule has 0 spiro atoms. The number of thiophene rings is 1. The summed E-state index contributed by atoms with van der Waals surface area (Å²) in [6, 6.07) is 12.2. The molecule has 6 nitrogen and oxygen atoms in total. The number of terminal acetylenes is 1. The van der Waals surface area contributed by atoms with Crippen LogP contribution in [0.25, 0.3) is 11.1 Å². The number of halogens is 1. The van der Waals surface area contributed by atoms with Crippen LogP contribution in [0.5, 0.6) is 11.5 Å². The molecule has 1 atom stereocenters. The van der Waals surface area contributed by atoms with Crippen molar-refractivity contribution in [3.8, 4) is 35.0 Å². The van der Waals surface area contributed by atoms with E-state index in [9.17, 15) is 14.7 Å². The molecular formula is C24H18ClNO5S. The van der Waals surface area contributed by atoms with E-state index < -0.39 is 5.97 Å². The zero-order valence-electron chi connectivity index (χ0n) is 17.0. The maximum absolute atomic E-state index is 12.6. The fourth-order valence-electron chi connectivity index (χ4n) is 3.74. The second-order valence-electron chi connectivity index (χ2n) is 7.07. The predicted molar refractivity (Wildman–Crippen MR) is 124 cm³/mol. The fourth-order valence-corrected chi connectivity index (χ4v) is 5.11. The molecule has 0 saturated heterocycles. The van der Waals surface area contributed by atoms with Gasteiger partial charge in [0.15, 0.2) is 11.5 Å². The first-order valence-corrected chi connectivity index (χ1v) is 10.8. The molecule has 8 heteroatoms. The molecule has 0 bridgehead atoms. The lowest BCUT2D eigenvalue weighted by molar-refractivity contribution is -0.116. The highest BCUT2D eigenvalue weighted by Gasteiger charge is 2.34. The number of rotatable bonds is 6. The molecule has 1 aromatic heterocycles. The lowest BCUT2D eigenvalue weighted by Gasteiger charge is -2.24. The van der Waals surface area contributed by atoms with Crippen LogP contribution < -0.4 is 14.8 Å². The van der Waals surface area contributed by atoms with Crippen molar-refractivity contribution in [2.75, 3.05) is 19.0 Å². The van der Waals surface area contributed by atoms with Crippen molar-refractivity contribution < 1.29 is 24.2 Å². The Morgan fingerprint density at radius 3 is 2.69 bits per heavy atom. The fraction of sp³-hybridized carbons (Fsp3) is 0.167. The smallest absolute Gasteiger partial charge is 0.346 e. The van der Waals surface area contributed by atoms with Crippen molar-refractivity contribution in [2.24, 2.45) is 0 Å². The maximum Gasteiger partial charge on any atom is 0.346 e. The van der Waals surface area contributed by atoms with Crippen molar-refractivity contribution in [3.63, 3.8) is 0 Å². The van der Waals surface area contributed by atoms with Crippen molar-refractivity contribution >= 4 is 40.5 Å². The van der Waals surface area contributed by atoms with E-state index in [1.165, 1.54) is 7.11 Å². The summed E-state index contributed by atoms with van der Waals surface area (Å²) in [5, 5.41) is 13.3. The minimum absolute atomic E-state index is 0.0685. The van der Waals surface area contributed by atoms with E-state index in [1.54, 1.807) is 36.4 Å². The van der Waals surface area contributed by atoms with Crippen molar-refractivity contribution in [1.29, 1.82) is 0 Å². The molecule has 162 valence electrons. The third-order valence-corrected chi connectivity index (χ3v) is 6.68. The van der Waals surface area contributed by atoms with E-state index in [1.807, 2.05) is 6.07 Å². The molecule has 32 heavy (non-hydrogen) atoms. The van der Waals surface area contributed by atoms with Crippen LogP contribution in [0.3, 0.4) is 0 Å². The van der Waals surface area contributed by atoms with Crippen molar-refractivity contribution in [1.82, 2.24) is 0 Å². The van der Waals surface area contributed by atoms with Gasteiger partial charge in [0.05, 0.1) is 12.8 Å². The van der Waals surface area contributed by atoms with Gasteiger partial charge in [-0.1, -0.05) is 35.7 Å². The summed E-state index contributed by atoms with van der Waals surface area (Å²) in [5.74, 6) is 1.79. The number of fused-ring (bicyclic) bond motifs is 1. The molecule has 1 unspecified atom stereocenters. The van der Waals surface area contributed by atoms with Gasteiger partial charge in [-0.3, -0.25) is 4.79 Å². The minimum Gasteiger partial charge on any atom is -0.493 e. The Balaban J connectivity index is 1.86. The number of carboxylic acids is 1. The van der Waals surface area contributed by atoms with Gasteiger partial charge in [-0.2, -0.15) is 0 Å². The molecule has 0 radical (unpaired) electrons. The molecule has 2 heterocycles. The van der Waals surface area contributed by atoms with Crippen molar-refractivity contribution in [2.45, 2.75) is 12.3 Å². The molecular weight excluding hydrogens is 450 g/mol. The molecule has 0 fully saturated rings. The normalized spacial score (nSPS) is 14.8. The van der Waals surface area contributed by atoms with Crippen LogP contribution >= 0.6 is 22.9 Å². The van der Waals surface area contributed by atoms with E-state index in [0.717, 1.165) is 21.8 Å². The zero-order valence-corrected chi connectivity index (χ0v) is 18.5. The number of carbonyl (C=O) groups excluding carboxylic acids is 1. The number of anilines is 1.